The van der Waals surface area contributed by atoms with E-state index in [-0.39, 0.29) is 23.3 Å². The van der Waals surface area contributed by atoms with Gasteiger partial charge in [0.25, 0.3) is 5.91 Å². The number of carbonyl (C=O) groups excluding carboxylic acids is 2. The zero-order valence-corrected chi connectivity index (χ0v) is 18.4. The monoisotopic (exact) mass is 443 g/mol. The molecule has 0 bridgehead atoms. The van der Waals surface area contributed by atoms with Gasteiger partial charge in [-0.25, -0.2) is 4.98 Å². The second-order valence-electron chi connectivity index (χ2n) is 7.92. The molecule has 0 saturated carbocycles. The number of nitrogens with two attached hydrogens (primary N) is 1. The first-order valence-corrected chi connectivity index (χ1v) is 10.7. The zero-order valence-electron chi connectivity index (χ0n) is 18.4. The number of nitrogens with zero attached hydrogens (tertiary/aromatic N) is 2. The lowest BCUT2D eigenvalue weighted by Gasteiger charge is -2.15. The zero-order chi connectivity index (χ0) is 23.4. The first kappa shape index (κ1) is 22.1. The third-order valence-electron chi connectivity index (χ3n) is 5.54. The fourth-order valence-electron chi connectivity index (χ4n) is 3.71. The van der Waals surface area contributed by atoms with Crippen molar-refractivity contribution in [3.8, 4) is 23.1 Å². The van der Waals surface area contributed by atoms with E-state index in [1.807, 2.05) is 31.2 Å². The average Bonchev–Trinajstić information content (AvgIpc) is 3.31. The number of pyridine rings is 1. The van der Waals surface area contributed by atoms with Crippen molar-refractivity contribution in [2.75, 3.05) is 13.1 Å². The largest absolute Gasteiger partial charge is 0.457 e. The molecule has 4 rings (SSSR count). The first-order valence-electron chi connectivity index (χ1n) is 10.7. The Hall–Kier alpha value is -4.13. The number of likely N-dealkylation sites (tertiary alicyclic amines) is 1. The molecule has 7 nitrogen and oxygen atoms in total. The maximum absolute atomic E-state index is 11.9. The van der Waals surface area contributed by atoms with Crippen molar-refractivity contribution in [3.05, 3.63) is 90.1 Å². The number of ether oxygens (including phenoxy) is 2. The van der Waals surface area contributed by atoms with Crippen LogP contribution in [0.1, 0.15) is 34.0 Å². The predicted molar refractivity (Wildman–Crippen MR) is 125 cm³/mol. The van der Waals surface area contributed by atoms with E-state index < -0.39 is 5.91 Å². The van der Waals surface area contributed by atoms with Crippen LogP contribution in [-0.4, -0.2) is 34.8 Å². The van der Waals surface area contributed by atoms with Gasteiger partial charge in [0.15, 0.2) is 0 Å². The summed E-state index contributed by atoms with van der Waals surface area (Å²) in [5, 5.41) is 0. The van der Waals surface area contributed by atoms with Crippen molar-refractivity contribution >= 4 is 11.8 Å². The Kier molecular flexibility index (Phi) is 6.40. The molecule has 1 atom stereocenters. The summed E-state index contributed by atoms with van der Waals surface area (Å²) in [5.41, 5.74) is 7.62. The minimum Gasteiger partial charge on any atom is -0.457 e. The molecule has 0 radical (unpaired) electrons. The molecule has 1 saturated heterocycles. The van der Waals surface area contributed by atoms with E-state index in [0.29, 0.717) is 24.6 Å². The van der Waals surface area contributed by atoms with Gasteiger partial charge in [0, 0.05) is 24.7 Å². The number of primary amides is 1. The fraction of sp³-hybridized carbons (Fsp3) is 0.192. The van der Waals surface area contributed by atoms with Crippen LogP contribution in [-0.2, 0) is 4.79 Å². The molecule has 0 aliphatic carbocycles. The molecule has 33 heavy (non-hydrogen) atoms. The van der Waals surface area contributed by atoms with Crippen LogP contribution in [0.5, 0.6) is 23.1 Å². The van der Waals surface area contributed by atoms with E-state index in [4.69, 9.17) is 15.2 Å². The molecule has 1 aliphatic rings. The van der Waals surface area contributed by atoms with Crippen LogP contribution in [0.4, 0.5) is 0 Å². The molecule has 0 spiro atoms. The lowest BCUT2D eigenvalue weighted by atomic mass is 10.0. The normalized spacial score (nSPS) is 15.2. The van der Waals surface area contributed by atoms with Crippen molar-refractivity contribution in [2.45, 2.75) is 19.3 Å². The molecular formula is C26H25N3O4. The van der Waals surface area contributed by atoms with Gasteiger partial charge in [-0.1, -0.05) is 24.3 Å². The van der Waals surface area contributed by atoms with E-state index >= 15 is 0 Å². The highest BCUT2D eigenvalue weighted by Crippen LogP contribution is 2.31. The van der Waals surface area contributed by atoms with Gasteiger partial charge in [-0.15, -0.1) is 0 Å². The van der Waals surface area contributed by atoms with Gasteiger partial charge in [-0.2, -0.15) is 0 Å². The van der Waals surface area contributed by atoms with Crippen LogP contribution in [0.15, 0.2) is 73.3 Å². The summed E-state index contributed by atoms with van der Waals surface area (Å²) >= 11 is 0. The maximum atomic E-state index is 11.9. The van der Waals surface area contributed by atoms with Crippen molar-refractivity contribution < 1.29 is 19.1 Å². The van der Waals surface area contributed by atoms with Crippen molar-refractivity contribution in [1.29, 1.82) is 0 Å². The number of aryl methyl sites for hydroxylation is 1. The smallest absolute Gasteiger partial charge is 0.254 e. The first-order chi connectivity index (χ1) is 15.9. The third kappa shape index (κ3) is 5.20. The minimum absolute atomic E-state index is 0.0449. The second kappa shape index (κ2) is 9.56. The molecule has 2 aromatic carbocycles. The number of rotatable bonds is 7. The predicted octanol–water partition coefficient (Wildman–Crippen LogP) is 4.58. The van der Waals surface area contributed by atoms with Gasteiger partial charge in [0.05, 0.1) is 0 Å². The highest BCUT2D eigenvalue weighted by molar-refractivity contribution is 5.95. The van der Waals surface area contributed by atoms with Crippen molar-refractivity contribution in [1.82, 2.24) is 9.88 Å². The Morgan fingerprint density at radius 3 is 2.21 bits per heavy atom. The molecule has 1 fully saturated rings. The summed E-state index contributed by atoms with van der Waals surface area (Å²) in [6.45, 7) is 6.73. The number of aromatic nitrogens is 1. The lowest BCUT2D eigenvalue weighted by molar-refractivity contribution is -0.125. The van der Waals surface area contributed by atoms with Crippen LogP contribution >= 0.6 is 0 Å². The Bertz CT molecular complexity index is 1170. The quantitative estimate of drug-likeness (QED) is 0.540. The Morgan fingerprint density at radius 1 is 1.00 bits per heavy atom. The Labute approximate surface area is 192 Å². The third-order valence-corrected chi connectivity index (χ3v) is 5.54. The molecule has 1 aliphatic heterocycles. The summed E-state index contributed by atoms with van der Waals surface area (Å²) in [7, 11) is 0. The maximum Gasteiger partial charge on any atom is 0.254 e. The van der Waals surface area contributed by atoms with Crippen LogP contribution in [0.3, 0.4) is 0 Å². The SMILES string of the molecule is C=CC(=O)N1CCC(c2ccc(C(N)=O)c(Oc3ccc(Oc4ccc(C)cc4)cc3)n2)C1. The standard InChI is InChI=1S/C26H25N3O4/c1-3-24(30)29-15-14-18(16-29)23-13-12-22(25(27)31)26(28-23)33-21-10-8-20(9-11-21)32-19-6-4-17(2)5-7-19/h3-13,18H,1,14-16H2,2H3,(H2,27,31). The van der Waals surface area contributed by atoms with Crippen molar-refractivity contribution in [3.63, 3.8) is 0 Å². The van der Waals surface area contributed by atoms with Crippen LogP contribution in [0.25, 0.3) is 0 Å². The van der Waals surface area contributed by atoms with Gasteiger partial charge >= 0.3 is 0 Å². The molecule has 168 valence electrons. The molecule has 7 heteroatoms. The van der Waals surface area contributed by atoms with Crippen LogP contribution in [0, 0.1) is 6.92 Å². The summed E-state index contributed by atoms with van der Waals surface area (Å²) in [6, 6.07) is 18.2. The van der Waals surface area contributed by atoms with Crippen molar-refractivity contribution in [2.24, 2.45) is 5.73 Å². The topological polar surface area (TPSA) is 94.8 Å². The van der Waals surface area contributed by atoms with E-state index in [9.17, 15) is 9.59 Å². The summed E-state index contributed by atoms with van der Waals surface area (Å²) in [4.78, 5) is 30.1. The van der Waals surface area contributed by atoms with Crippen LogP contribution in [0.2, 0.25) is 0 Å². The molecule has 1 aromatic heterocycles. The highest BCUT2D eigenvalue weighted by Gasteiger charge is 2.28. The molecule has 2 heterocycles. The van der Waals surface area contributed by atoms with Gasteiger partial charge in [0.1, 0.15) is 22.8 Å². The molecular weight excluding hydrogens is 418 g/mol. The highest BCUT2D eigenvalue weighted by atomic mass is 16.5. The van der Waals surface area contributed by atoms with E-state index in [2.05, 4.69) is 11.6 Å². The number of hydrogen-bond acceptors (Lipinski definition) is 5. The summed E-state index contributed by atoms with van der Waals surface area (Å²) in [6.07, 6.45) is 2.08. The number of carbonyl (C=O) groups is 2. The van der Waals surface area contributed by atoms with Gasteiger partial charge in [-0.3, -0.25) is 9.59 Å². The Morgan fingerprint density at radius 2 is 1.61 bits per heavy atom. The van der Waals surface area contributed by atoms with E-state index in [0.717, 1.165) is 23.4 Å². The molecule has 3 aromatic rings. The van der Waals surface area contributed by atoms with Gasteiger partial charge in [-0.05, 0) is 68.0 Å². The summed E-state index contributed by atoms with van der Waals surface area (Å²) in [5.74, 6) is 1.34. The minimum atomic E-state index is -0.627. The molecule has 2 amide bonds. The summed E-state index contributed by atoms with van der Waals surface area (Å²) < 4.78 is 11.8. The molecule has 2 N–H and O–H groups in total. The van der Waals surface area contributed by atoms with Gasteiger partial charge in [0.2, 0.25) is 11.8 Å². The molecule has 1 unspecified atom stereocenters. The van der Waals surface area contributed by atoms with Gasteiger partial charge < -0.3 is 20.1 Å². The number of amides is 2. The fourth-order valence-corrected chi connectivity index (χ4v) is 3.71. The number of hydrogen-bond donors (Lipinski definition) is 1. The second-order valence-corrected chi connectivity index (χ2v) is 7.92. The van der Waals surface area contributed by atoms with E-state index in [1.54, 1.807) is 41.3 Å². The van der Waals surface area contributed by atoms with Crippen LogP contribution < -0.4 is 15.2 Å². The number of benzene rings is 2. The average molecular weight is 444 g/mol. The Balaban J connectivity index is 1.51. The lowest BCUT2D eigenvalue weighted by Crippen LogP contribution is -2.26. The van der Waals surface area contributed by atoms with E-state index in [1.165, 1.54) is 6.08 Å².